The Kier molecular flexibility index (Phi) is 4.33. The molecular formula is C16H24N2O2. The number of carbonyl (C=O) groups excluding carboxylic acids is 1. The number of hydrogen-bond donors (Lipinski definition) is 2. The lowest BCUT2D eigenvalue weighted by Crippen LogP contribution is -2.49. The first-order chi connectivity index (χ1) is 9.43. The number of nitrogens with one attached hydrogen (secondary N) is 1. The fraction of sp³-hybridized carbons (Fsp3) is 0.562. The minimum Gasteiger partial charge on any atom is -0.496 e. The number of primary amides is 1. The zero-order valence-corrected chi connectivity index (χ0v) is 12.6. The molecule has 0 saturated carbocycles. The van der Waals surface area contributed by atoms with Crippen LogP contribution in [-0.2, 0) is 4.79 Å². The van der Waals surface area contributed by atoms with Crippen molar-refractivity contribution in [3.8, 4) is 5.75 Å². The summed E-state index contributed by atoms with van der Waals surface area (Å²) in [7, 11) is 1.66. The molecule has 0 spiro atoms. The van der Waals surface area contributed by atoms with Gasteiger partial charge in [0.2, 0.25) is 5.91 Å². The van der Waals surface area contributed by atoms with E-state index in [2.05, 4.69) is 25.2 Å². The summed E-state index contributed by atoms with van der Waals surface area (Å²) in [5.74, 6) is 0.618. The number of amides is 1. The van der Waals surface area contributed by atoms with Crippen LogP contribution >= 0.6 is 0 Å². The molecule has 20 heavy (non-hydrogen) atoms. The molecule has 0 aromatic heterocycles. The van der Waals surface area contributed by atoms with Crippen LogP contribution < -0.4 is 15.8 Å². The Morgan fingerprint density at radius 3 is 2.70 bits per heavy atom. The Morgan fingerprint density at radius 2 is 2.10 bits per heavy atom. The Labute approximate surface area is 120 Å². The van der Waals surface area contributed by atoms with Gasteiger partial charge in [0.15, 0.2) is 0 Å². The Morgan fingerprint density at radius 1 is 1.40 bits per heavy atom. The van der Waals surface area contributed by atoms with E-state index < -0.39 is 0 Å². The van der Waals surface area contributed by atoms with Crippen molar-refractivity contribution in [1.29, 1.82) is 0 Å². The fourth-order valence-corrected chi connectivity index (χ4v) is 3.34. The van der Waals surface area contributed by atoms with Crippen LogP contribution in [0.5, 0.6) is 5.75 Å². The topological polar surface area (TPSA) is 64.3 Å². The van der Waals surface area contributed by atoms with Crippen LogP contribution in [0.15, 0.2) is 18.2 Å². The van der Waals surface area contributed by atoms with Gasteiger partial charge in [0.05, 0.1) is 13.0 Å². The van der Waals surface area contributed by atoms with E-state index in [1.165, 1.54) is 0 Å². The van der Waals surface area contributed by atoms with E-state index in [9.17, 15) is 4.79 Å². The van der Waals surface area contributed by atoms with Crippen molar-refractivity contribution in [3.63, 3.8) is 0 Å². The Balaban J connectivity index is 2.46. The van der Waals surface area contributed by atoms with Crippen molar-refractivity contribution in [2.45, 2.75) is 39.3 Å². The molecule has 1 saturated heterocycles. The highest BCUT2D eigenvalue weighted by Gasteiger charge is 2.39. The van der Waals surface area contributed by atoms with E-state index in [0.29, 0.717) is 6.04 Å². The monoisotopic (exact) mass is 276 g/mol. The van der Waals surface area contributed by atoms with Gasteiger partial charge in [-0.2, -0.15) is 0 Å². The molecular weight excluding hydrogens is 252 g/mol. The van der Waals surface area contributed by atoms with E-state index in [-0.39, 0.29) is 23.8 Å². The lowest BCUT2D eigenvalue weighted by Gasteiger charge is -2.39. The maximum Gasteiger partial charge on any atom is 0.222 e. The smallest absolute Gasteiger partial charge is 0.222 e. The SMILES string of the molecule is COc1ccc(C)cc1C1NC(C)CC(C)C1C(N)=O. The van der Waals surface area contributed by atoms with Gasteiger partial charge in [-0.15, -0.1) is 0 Å². The van der Waals surface area contributed by atoms with Gasteiger partial charge in [-0.05, 0) is 32.3 Å². The number of rotatable bonds is 3. The quantitative estimate of drug-likeness (QED) is 0.889. The number of carbonyl (C=O) groups is 1. The lowest BCUT2D eigenvalue weighted by atomic mass is 9.76. The normalized spacial score (nSPS) is 30.0. The standard InChI is InChI=1S/C16H24N2O2/c1-9-5-6-13(20-4)12(7-9)15-14(16(17)19)10(2)8-11(3)18-15/h5-7,10-11,14-15,18H,8H2,1-4H3,(H2,17,19). The Hall–Kier alpha value is -1.55. The average Bonchev–Trinajstić information content (AvgIpc) is 2.37. The van der Waals surface area contributed by atoms with Crippen LogP contribution in [0.1, 0.15) is 37.4 Å². The third kappa shape index (κ3) is 2.80. The second-order valence-electron chi connectivity index (χ2n) is 5.93. The maximum atomic E-state index is 11.9. The predicted octanol–water partition coefficient (Wildman–Crippen LogP) is 2.16. The Bertz CT molecular complexity index is 501. The highest BCUT2D eigenvalue weighted by molar-refractivity contribution is 5.78. The van der Waals surface area contributed by atoms with Gasteiger partial charge in [0.1, 0.15) is 5.75 Å². The van der Waals surface area contributed by atoms with Gasteiger partial charge in [0.25, 0.3) is 0 Å². The van der Waals surface area contributed by atoms with Crippen molar-refractivity contribution < 1.29 is 9.53 Å². The minimum atomic E-state index is -0.245. The van der Waals surface area contributed by atoms with Crippen LogP contribution in [0.3, 0.4) is 0 Å². The van der Waals surface area contributed by atoms with Gasteiger partial charge in [-0.25, -0.2) is 0 Å². The molecule has 110 valence electrons. The second kappa shape index (κ2) is 5.83. The molecule has 0 bridgehead atoms. The highest BCUT2D eigenvalue weighted by atomic mass is 16.5. The van der Waals surface area contributed by atoms with E-state index in [1.807, 2.05) is 19.1 Å². The first-order valence-electron chi connectivity index (χ1n) is 7.14. The molecule has 4 unspecified atom stereocenters. The molecule has 1 heterocycles. The summed E-state index contributed by atoms with van der Waals surface area (Å²) in [6, 6.07) is 6.32. The molecule has 2 rings (SSSR count). The number of methoxy groups -OCH3 is 1. The van der Waals surface area contributed by atoms with Crippen LogP contribution in [0.25, 0.3) is 0 Å². The maximum absolute atomic E-state index is 11.9. The fourth-order valence-electron chi connectivity index (χ4n) is 3.34. The zero-order chi connectivity index (χ0) is 14.9. The molecule has 4 atom stereocenters. The third-order valence-electron chi connectivity index (χ3n) is 4.21. The summed E-state index contributed by atoms with van der Waals surface area (Å²) in [4.78, 5) is 11.9. The molecule has 1 aliphatic rings. The van der Waals surface area contributed by atoms with Gasteiger partial charge in [-0.3, -0.25) is 4.79 Å². The first kappa shape index (κ1) is 14.9. The van der Waals surface area contributed by atoms with Crippen LogP contribution in [0, 0.1) is 18.8 Å². The molecule has 3 N–H and O–H groups in total. The van der Waals surface area contributed by atoms with Crippen molar-refractivity contribution in [2.75, 3.05) is 7.11 Å². The number of nitrogens with two attached hydrogens (primary N) is 1. The summed E-state index contributed by atoms with van der Waals surface area (Å²) >= 11 is 0. The summed E-state index contributed by atoms with van der Waals surface area (Å²) in [6.45, 7) is 6.28. The zero-order valence-electron chi connectivity index (χ0n) is 12.6. The summed E-state index contributed by atoms with van der Waals surface area (Å²) in [5.41, 5.74) is 7.81. The number of benzene rings is 1. The highest BCUT2D eigenvalue weighted by Crippen LogP contribution is 2.39. The van der Waals surface area contributed by atoms with Gasteiger partial charge in [0, 0.05) is 17.6 Å². The molecule has 1 amide bonds. The van der Waals surface area contributed by atoms with E-state index in [1.54, 1.807) is 7.11 Å². The summed E-state index contributed by atoms with van der Waals surface area (Å²) in [5, 5.41) is 3.52. The third-order valence-corrected chi connectivity index (χ3v) is 4.21. The van der Waals surface area contributed by atoms with E-state index >= 15 is 0 Å². The van der Waals surface area contributed by atoms with Crippen molar-refractivity contribution >= 4 is 5.91 Å². The van der Waals surface area contributed by atoms with Crippen LogP contribution in [0.4, 0.5) is 0 Å². The van der Waals surface area contributed by atoms with Crippen LogP contribution in [0.2, 0.25) is 0 Å². The van der Waals surface area contributed by atoms with Crippen molar-refractivity contribution in [2.24, 2.45) is 17.6 Å². The van der Waals surface area contributed by atoms with Crippen LogP contribution in [-0.4, -0.2) is 19.1 Å². The van der Waals surface area contributed by atoms with E-state index in [0.717, 1.165) is 23.3 Å². The molecule has 4 nitrogen and oxygen atoms in total. The molecule has 0 aliphatic carbocycles. The number of ether oxygens (including phenoxy) is 1. The molecule has 1 aromatic carbocycles. The molecule has 0 radical (unpaired) electrons. The van der Waals surface area contributed by atoms with Crippen molar-refractivity contribution in [1.82, 2.24) is 5.32 Å². The van der Waals surface area contributed by atoms with E-state index in [4.69, 9.17) is 10.5 Å². The molecule has 1 aliphatic heterocycles. The summed E-state index contributed by atoms with van der Waals surface area (Å²) in [6.07, 6.45) is 0.957. The largest absolute Gasteiger partial charge is 0.496 e. The lowest BCUT2D eigenvalue weighted by molar-refractivity contribution is -0.125. The summed E-state index contributed by atoms with van der Waals surface area (Å²) < 4.78 is 5.46. The van der Waals surface area contributed by atoms with Gasteiger partial charge in [-0.1, -0.05) is 24.6 Å². The first-order valence-corrected chi connectivity index (χ1v) is 7.14. The number of aryl methyl sites for hydroxylation is 1. The predicted molar refractivity (Wildman–Crippen MR) is 79.5 cm³/mol. The van der Waals surface area contributed by atoms with Crippen molar-refractivity contribution in [3.05, 3.63) is 29.3 Å². The minimum absolute atomic E-state index is 0.0823. The molecule has 4 heteroatoms. The van der Waals surface area contributed by atoms with Gasteiger partial charge < -0.3 is 15.8 Å². The number of piperidine rings is 1. The molecule has 1 aromatic rings. The van der Waals surface area contributed by atoms with Gasteiger partial charge >= 0.3 is 0 Å². The average molecular weight is 276 g/mol. The number of hydrogen-bond acceptors (Lipinski definition) is 3. The molecule has 1 fully saturated rings. The second-order valence-corrected chi connectivity index (χ2v) is 5.93.